The minimum absolute atomic E-state index is 0.161. The number of halogens is 1. The van der Waals surface area contributed by atoms with Gasteiger partial charge in [0.2, 0.25) is 0 Å². The molecule has 5 nitrogen and oxygen atoms in total. The number of nitrogens with zero attached hydrogens (tertiary/aromatic N) is 2. The van der Waals surface area contributed by atoms with Crippen LogP contribution in [0, 0.1) is 5.82 Å². The Morgan fingerprint density at radius 3 is 2.70 bits per heavy atom. The fourth-order valence-electron chi connectivity index (χ4n) is 2.67. The van der Waals surface area contributed by atoms with Crippen molar-refractivity contribution in [1.82, 2.24) is 9.55 Å². The molecule has 1 aromatic heterocycles. The van der Waals surface area contributed by atoms with Crippen LogP contribution in [-0.2, 0) is 9.53 Å². The lowest BCUT2D eigenvalue weighted by Crippen LogP contribution is -2.22. The molecule has 3 aromatic rings. The highest BCUT2D eigenvalue weighted by Gasteiger charge is 2.15. The molecule has 7 heteroatoms. The van der Waals surface area contributed by atoms with Crippen LogP contribution < -0.4 is 5.56 Å². The zero-order valence-electron chi connectivity index (χ0n) is 14.9. The summed E-state index contributed by atoms with van der Waals surface area (Å²) in [7, 11) is 0. The predicted molar refractivity (Wildman–Crippen MR) is 104 cm³/mol. The first-order valence-electron chi connectivity index (χ1n) is 8.67. The predicted octanol–water partition coefficient (Wildman–Crippen LogP) is 3.96. The molecule has 27 heavy (non-hydrogen) atoms. The van der Waals surface area contributed by atoms with Crippen molar-refractivity contribution in [2.45, 2.75) is 24.9 Å². The summed E-state index contributed by atoms with van der Waals surface area (Å²) in [4.78, 5) is 29.0. The second-order valence-electron chi connectivity index (χ2n) is 5.76. The number of thioether (sulfide) groups is 1. The fraction of sp³-hybridized carbons (Fsp3) is 0.250. The molecule has 0 atom stereocenters. The van der Waals surface area contributed by atoms with Gasteiger partial charge in [-0.3, -0.25) is 14.2 Å². The number of benzene rings is 2. The third kappa shape index (κ3) is 4.36. The summed E-state index contributed by atoms with van der Waals surface area (Å²) in [6, 6.07) is 13.1. The number of esters is 1. The number of ether oxygens (including phenoxy) is 1. The van der Waals surface area contributed by atoms with E-state index < -0.39 is 5.82 Å². The number of hydrogen-bond donors (Lipinski definition) is 0. The third-order valence-corrected chi connectivity index (χ3v) is 4.92. The van der Waals surface area contributed by atoms with E-state index in [0.29, 0.717) is 41.3 Å². The molecule has 0 radical (unpaired) electrons. The highest BCUT2D eigenvalue weighted by molar-refractivity contribution is 7.99. The summed E-state index contributed by atoms with van der Waals surface area (Å²) in [6.45, 7) is 2.11. The molecule has 0 fully saturated rings. The molecule has 0 saturated carbocycles. The number of rotatable bonds is 7. The molecule has 0 amide bonds. The van der Waals surface area contributed by atoms with Gasteiger partial charge in [-0.25, -0.2) is 9.37 Å². The molecule has 2 aromatic carbocycles. The molecule has 140 valence electrons. The molecule has 0 bridgehead atoms. The van der Waals surface area contributed by atoms with E-state index in [9.17, 15) is 14.0 Å². The van der Waals surface area contributed by atoms with Gasteiger partial charge < -0.3 is 4.74 Å². The first-order valence-corrected chi connectivity index (χ1v) is 9.65. The van der Waals surface area contributed by atoms with Gasteiger partial charge in [0, 0.05) is 12.2 Å². The zero-order chi connectivity index (χ0) is 19.2. The van der Waals surface area contributed by atoms with E-state index in [2.05, 4.69) is 4.98 Å². The van der Waals surface area contributed by atoms with E-state index in [0.717, 1.165) is 0 Å². The van der Waals surface area contributed by atoms with Crippen molar-refractivity contribution in [3.63, 3.8) is 0 Å². The largest absolute Gasteiger partial charge is 0.466 e. The Morgan fingerprint density at radius 1 is 1.19 bits per heavy atom. The van der Waals surface area contributed by atoms with Crippen LogP contribution in [0.2, 0.25) is 0 Å². The van der Waals surface area contributed by atoms with Crippen LogP contribution in [0.5, 0.6) is 0 Å². The second kappa shape index (κ2) is 8.81. The minimum Gasteiger partial charge on any atom is -0.466 e. The Kier molecular flexibility index (Phi) is 6.24. The van der Waals surface area contributed by atoms with E-state index in [4.69, 9.17) is 4.74 Å². The molecular formula is C20H19FN2O3S. The summed E-state index contributed by atoms with van der Waals surface area (Å²) < 4.78 is 20.6. The Morgan fingerprint density at radius 2 is 1.93 bits per heavy atom. The maximum Gasteiger partial charge on any atom is 0.305 e. The van der Waals surface area contributed by atoms with Crippen LogP contribution in [-0.4, -0.2) is 27.9 Å². The van der Waals surface area contributed by atoms with Gasteiger partial charge in [0.1, 0.15) is 5.82 Å². The van der Waals surface area contributed by atoms with Gasteiger partial charge in [0.15, 0.2) is 5.16 Å². The van der Waals surface area contributed by atoms with Crippen LogP contribution in [0.4, 0.5) is 4.39 Å². The maximum absolute atomic E-state index is 14.4. The van der Waals surface area contributed by atoms with Crippen molar-refractivity contribution in [2.75, 3.05) is 12.4 Å². The van der Waals surface area contributed by atoms with Crippen LogP contribution in [0.25, 0.3) is 16.6 Å². The van der Waals surface area contributed by atoms with Gasteiger partial charge in [-0.2, -0.15) is 0 Å². The molecular weight excluding hydrogens is 367 g/mol. The summed E-state index contributed by atoms with van der Waals surface area (Å²) in [5.74, 6) is -0.195. The Hall–Kier alpha value is -2.67. The monoisotopic (exact) mass is 386 g/mol. The van der Waals surface area contributed by atoms with Gasteiger partial charge in [-0.1, -0.05) is 36.0 Å². The van der Waals surface area contributed by atoms with E-state index >= 15 is 0 Å². The number of fused-ring (bicyclic) bond motifs is 1. The Bertz CT molecular complexity index is 1020. The quantitative estimate of drug-likeness (QED) is 0.266. The molecule has 0 spiro atoms. The average molecular weight is 386 g/mol. The van der Waals surface area contributed by atoms with Gasteiger partial charge >= 0.3 is 5.97 Å². The standard InChI is InChI=1S/C20H19FN2O3S/c1-2-26-18(24)12-7-13-27-20-22-16-10-5-3-8-14(16)19(25)23(20)17-11-6-4-9-15(17)21/h3-6,8-11H,2,7,12-13H2,1H3. The summed E-state index contributed by atoms with van der Waals surface area (Å²) in [5.41, 5.74) is 0.398. The van der Waals surface area contributed by atoms with Crippen molar-refractivity contribution < 1.29 is 13.9 Å². The van der Waals surface area contributed by atoms with E-state index in [1.165, 1.54) is 22.4 Å². The molecule has 0 aliphatic rings. The number of para-hydroxylation sites is 2. The number of carbonyl (C=O) groups is 1. The number of hydrogen-bond acceptors (Lipinski definition) is 5. The van der Waals surface area contributed by atoms with E-state index in [-0.39, 0.29) is 17.2 Å². The first-order chi connectivity index (χ1) is 13.1. The van der Waals surface area contributed by atoms with Crippen molar-refractivity contribution >= 4 is 28.6 Å². The lowest BCUT2D eigenvalue weighted by molar-refractivity contribution is -0.143. The molecule has 0 unspecified atom stereocenters. The van der Waals surface area contributed by atoms with E-state index in [1.807, 2.05) is 0 Å². The summed E-state index contributed by atoms with van der Waals surface area (Å²) in [5, 5.41) is 0.823. The van der Waals surface area contributed by atoms with Crippen molar-refractivity contribution in [3.8, 4) is 5.69 Å². The molecule has 0 aliphatic heterocycles. The Balaban J connectivity index is 1.95. The van der Waals surface area contributed by atoms with Gasteiger partial charge in [-0.15, -0.1) is 0 Å². The smallest absolute Gasteiger partial charge is 0.305 e. The zero-order valence-corrected chi connectivity index (χ0v) is 15.7. The van der Waals surface area contributed by atoms with Crippen LogP contribution in [0.1, 0.15) is 19.8 Å². The Labute approximate surface area is 160 Å². The molecule has 3 rings (SSSR count). The van der Waals surface area contributed by atoms with Gasteiger partial charge in [-0.05, 0) is 37.6 Å². The fourth-order valence-corrected chi connectivity index (χ4v) is 3.61. The average Bonchev–Trinajstić information content (AvgIpc) is 2.67. The molecule has 0 aliphatic carbocycles. The normalized spacial score (nSPS) is 10.9. The van der Waals surface area contributed by atoms with Gasteiger partial charge in [0.25, 0.3) is 5.56 Å². The lowest BCUT2D eigenvalue weighted by atomic mass is 10.2. The number of carbonyl (C=O) groups excluding carboxylic acids is 1. The van der Waals surface area contributed by atoms with Crippen LogP contribution in [0.15, 0.2) is 58.5 Å². The summed E-state index contributed by atoms with van der Waals surface area (Å²) >= 11 is 1.32. The number of aromatic nitrogens is 2. The SMILES string of the molecule is CCOC(=O)CCCSc1nc2ccccc2c(=O)n1-c1ccccc1F. The molecule has 0 N–H and O–H groups in total. The topological polar surface area (TPSA) is 61.2 Å². The highest BCUT2D eigenvalue weighted by atomic mass is 32.2. The van der Waals surface area contributed by atoms with Crippen molar-refractivity contribution in [2.24, 2.45) is 0 Å². The highest BCUT2D eigenvalue weighted by Crippen LogP contribution is 2.23. The van der Waals surface area contributed by atoms with Crippen molar-refractivity contribution in [3.05, 3.63) is 64.7 Å². The molecule has 0 saturated heterocycles. The minimum atomic E-state index is -0.495. The van der Waals surface area contributed by atoms with Crippen LogP contribution in [0.3, 0.4) is 0 Å². The lowest BCUT2D eigenvalue weighted by Gasteiger charge is -2.13. The second-order valence-corrected chi connectivity index (χ2v) is 6.82. The third-order valence-electron chi connectivity index (χ3n) is 3.90. The summed E-state index contributed by atoms with van der Waals surface area (Å²) in [6.07, 6.45) is 0.863. The maximum atomic E-state index is 14.4. The first kappa shape index (κ1) is 19.1. The van der Waals surface area contributed by atoms with Gasteiger partial charge in [0.05, 0.1) is 23.2 Å². The van der Waals surface area contributed by atoms with E-state index in [1.54, 1.807) is 49.4 Å². The molecule has 1 heterocycles. The van der Waals surface area contributed by atoms with Crippen molar-refractivity contribution in [1.29, 1.82) is 0 Å². The van der Waals surface area contributed by atoms with Crippen LogP contribution >= 0.6 is 11.8 Å².